The van der Waals surface area contributed by atoms with Crippen LogP contribution in [-0.4, -0.2) is 46.0 Å². The van der Waals surface area contributed by atoms with Crippen molar-refractivity contribution in [3.63, 3.8) is 0 Å². The lowest BCUT2D eigenvalue weighted by Gasteiger charge is -2.37. The van der Waals surface area contributed by atoms with Gasteiger partial charge in [-0.15, -0.1) is 0 Å². The molecule has 1 aromatic carbocycles. The highest BCUT2D eigenvalue weighted by atomic mass is 32.2. The van der Waals surface area contributed by atoms with E-state index in [1.165, 1.54) is 28.6 Å². The van der Waals surface area contributed by atoms with Crippen molar-refractivity contribution in [2.45, 2.75) is 48.1 Å². The Labute approximate surface area is 132 Å². The van der Waals surface area contributed by atoms with E-state index in [2.05, 4.69) is 0 Å². The second-order valence-electron chi connectivity index (χ2n) is 5.76. The van der Waals surface area contributed by atoms with Crippen LogP contribution in [0.3, 0.4) is 0 Å². The predicted octanol–water partition coefficient (Wildman–Crippen LogP) is 0.980. The van der Waals surface area contributed by atoms with Crippen molar-refractivity contribution in [1.82, 2.24) is 4.31 Å². The van der Waals surface area contributed by atoms with Gasteiger partial charge in [-0.3, -0.25) is 0 Å². The van der Waals surface area contributed by atoms with Gasteiger partial charge in [0.2, 0.25) is 10.0 Å². The topological polar surface area (TPSA) is 97.5 Å². The molecule has 2 N–H and O–H groups in total. The summed E-state index contributed by atoms with van der Waals surface area (Å²) >= 11 is 0. The van der Waals surface area contributed by atoms with Crippen LogP contribution in [0.2, 0.25) is 0 Å². The standard InChI is InChI=1S/C14H22N2O4S2/c1-11(15)12-7-5-6-10-16(12)22(19,20)14-9-4-3-8-13(14)21(2,17)18/h3-4,8-9,11-12H,5-7,10,15H2,1-2H3/t11-,12-/m0/s1. The van der Waals surface area contributed by atoms with Crippen LogP contribution in [-0.2, 0) is 19.9 Å². The van der Waals surface area contributed by atoms with Crippen LogP contribution in [0.5, 0.6) is 0 Å². The fourth-order valence-corrected chi connectivity index (χ4v) is 6.23. The number of sulfone groups is 1. The summed E-state index contributed by atoms with van der Waals surface area (Å²) in [4.78, 5) is -0.325. The highest BCUT2D eigenvalue weighted by Crippen LogP contribution is 2.30. The molecule has 124 valence electrons. The lowest BCUT2D eigenvalue weighted by Crippen LogP contribution is -2.51. The molecule has 0 radical (unpaired) electrons. The van der Waals surface area contributed by atoms with Crippen molar-refractivity contribution in [3.05, 3.63) is 24.3 Å². The zero-order valence-electron chi connectivity index (χ0n) is 12.8. The fraction of sp³-hybridized carbons (Fsp3) is 0.571. The smallest absolute Gasteiger partial charge is 0.244 e. The normalized spacial score (nSPS) is 22.4. The molecule has 0 unspecified atom stereocenters. The number of rotatable bonds is 4. The van der Waals surface area contributed by atoms with Crippen LogP contribution >= 0.6 is 0 Å². The molecule has 1 saturated heterocycles. The SMILES string of the molecule is C[C@H](N)[C@@H]1CCCCN1S(=O)(=O)c1ccccc1S(C)(=O)=O. The summed E-state index contributed by atoms with van der Waals surface area (Å²) in [6.07, 6.45) is 3.38. The first kappa shape index (κ1) is 17.4. The summed E-state index contributed by atoms with van der Waals surface area (Å²) in [5, 5.41) is 0. The average Bonchev–Trinajstić information content (AvgIpc) is 2.46. The number of piperidine rings is 1. The Hall–Kier alpha value is -0.960. The van der Waals surface area contributed by atoms with Crippen molar-refractivity contribution in [1.29, 1.82) is 0 Å². The number of nitrogens with zero attached hydrogens (tertiary/aromatic N) is 1. The lowest BCUT2D eigenvalue weighted by molar-refractivity contribution is 0.227. The molecule has 1 fully saturated rings. The highest BCUT2D eigenvalue weighted by molar-refractivity contribution is 7.93. The maximum Gasteiger partial charge on any atom is 0.244 e. The number of hydrogen-bond donors (Lipinski definition) is 1. The molecule has 0 saturated carbocycles. The summed E-state index contributed by atoms with van der Waals surface area (Å²) in [5.41, 5.74) is 5.93. The van der Waals surface area contributed by atoms with Crippen molar-refractivity contribution in [3.8, 4) is 0 Å². The van der Waals surface area contributed by atoms with Crippen molar-refractivity contribution < 1.29 is 16.8 Å². The molecular formula is C14H22N2O4S2. The van der Waals surface area contributed by atoms with E-state index in [9.17, 15) is 16.8 Å². The maximum atomic E-state index is 13.0. The Bertz CT molecular complexity index is 742. The van der Waals surface area contributed by atoms with E-state index in [1.54, 1.807) is 6.92 Å². The molecule has 1 aromatic rings. The van der Waals surface area contributed by atoms with E-state index in [0.29, 0.717) is 13.0 Å². The van der Waals surface area contributed by atoms with Gasteiger partial charge >= 0.3 is 0 Å². The molecule has 6 nitrogen and oxygen atoms in total. The lowest BCUT2D eigenvalue weighted by atomic mass is 10.00. The minimum absolute atomic E-state index is 0.162. The molecule has 2 atom stereocenters. The van der Waals surface area contributed by atoms with Gasteiger partial charge in [-0.25, -0.2) is 16.8 Å². The van der Waals surface area contributed by atoms with E-state index in [4.69, 9.17) is 5.73 Å². The molecule has 0 spiro atoms. The van der Waals surface area contributed by atoms with E-state index >= 15 is 0 Å². The summed E-state index contributed by atoms with van der Waals surface area (Å²) in [6.45, 7) is 2.15. The second kappa shape index (κ2) is 6.27. The maximum absolute atomic E-state index is 13.0. The monoisotopic (exact) mass is 346 g/mol. The summed E-state index contributed by atoms with van der Waals surface area (Å²) < 4.78 is 51.1. The van der Waals surface area contributed by atoms with Gasteiger partial charge in [-0.2, -0.15) is 4.31 Å². The Balaban J connectivity index is 2.56. The first-order valence-electron chi connectivity index (χ1n) is 7.22. The van der Waals surface area contributed by atoms with Crippen LogP contribution in [0, 0.1) is 0 Å². The quantitative estimate of drug-likeness (QED) is 0.876. The van der Waals surface area contributed by atoms with Crippen LogP contribution in [0.4, 0.5) is 0 Å². The molecule has 8 heteroatoms. The first-order valence-corrected chi connectivity index (χ1v) is 10.6. The van der Waals surface area contributed by atoms with Gasteiger partial charge in [-0.05, 0) is 31.9 Å². The van der Waals surface area contributed by atoms with Gasteiger partial charge in [0.25, 0.3) is 0 Å². The third-order valence-electron chi connectivity index (χ3n) is 3.94. The molecule has 0 aromatic heterocycles. The molecular weight excluding hydrogens is 324 g/mol. The Morgan fingerprint density at radius 2 is 1.73 bits per heavy atom. The Morgan fingerprint density at radius 3 is 2.27 bits per heavy atom. The minimum Gasteiger partial charge on any atom is -0.326 e. The average molecular weight is 346 g/mol. The molecule has 1 aliphatic heterocycles. The van der Waals surface area contributed by atoms with Crippen LogP contribution < -0.4 is 5.73 Å². The van der Waals surface area contributed by atoms with Crippen LogP contribution in [0.15, 0.2) is 34.1 Å². The fourth-order valence-electron chi connectivity index (χ4n) is 2.85. The number of benzene rings is 1. The highest BCUT2D eigenvalue weighted by Gasteiger charge is 2.37. The van der Waals surface area contributed by atoms with Gasteiger partial charge in [0, 0.05) is 24.9 Å². The number of nitrogens with two attached hydrogens (primary N) is 1. The van der Waals surface area contributed by atoms with E-state index in [-0.39, 0.29) is 21.9 Å². The number of sulfonamides is 1. The largest absolute Gasteiger partial charge is 0.326 e. The zero-order chi connectivity index (χ0) is 16.5. The van der Waals surface area contributed by atoms with Crippen LogP contribution in [0.1, 0.15) is 26.2 Å². The second-order valence-corrected chi connectivity index (χ2v) is 9.60. The van der Waals surface area contributed by atoms with Gasteiger partial charge in [0.15, 0.2) is 9.84 Å². The Kier molecular flexibility index (Phi) is 4.96. The predicted molar refractivity (Wildman–Crippen MR) is 84.7 cm³/mol. The number of hydrogen-bond acceptors (Lipinski definition) is 5. The Morgan fingerprint density at radius 1 is 1.14 bits per heavy atom. The first-order chi connectivity index (χ1) is 10.2. The zero-order valence-corrected chi connectivity index (χ0v) is 14.4. The molecule has 0 amide bonds. The third kappa shape index (κ3) is 3.34. The summed E-state index contributed by atoms with van der Waals surface area (Å²) in [5.74, 6) is 0. The molecule has 22 heavy (non-hydrogen) atoms. The van der Waals surface area contributed by atoms with E-state index in [1.807, 2.05) is 0 Å². The van der Waals surface area contributed by atoms with Crippen molar-refractivity contribution in [2.75, 3.05) is 12.8 Å². The van der Waals surface area contributed by atoms with Crippen LogP contribution in [0.25, 0.3) is 0 Å². The van der Waals surface area contributed by atoms with E-state index in [0.717, 1.165) is 19.1 Å². The van der Waals surface area contributed by atoms with Gasteiger partial charge in [0.1, 0.15) is 4.90 Å². The molecule has 2 rings (SSSR count). The molecule has 0 aliphatic carbocycles. The molecule has 1 aliphatic rings. The summed E-state index contributed by atoms with van der Waals surface area (Å²) in [6, 6.07) is 5.12. The summed E-state index contributed by atoms with van der Waals surface area (Å²) in [7, 11) is -7.53. The van der Waals surface area contributed by atoms with E-state index < -0.39 is 19.9 Å². The minimum atomic E-state index is -3.90. The van der Waals surface area contributed by atoms with Crippen molar-refractivity contribution >= 4 is 19.9 Å². The van der Waals surface area contributed by atoms with Gasteiger partial charge < -0.3 is 5.73 Å². The molecule has 1 heterocycles. The van der Waals surface area contributed by atoms with Gasteiger partial charge in [-0.1, -0.05) is 18.6 Å². The van der Waals surface area contributed by atoms with Crippen molar-refractivity contribution in [2.24, 2.45) is 5.73 Å². The van der Waals surface area contributed by atoms with Gasteiger partial charge in [0.05, 0.1) is 4.90 Å². The molecule has 0 bridgehead atoms. The third-order valence-corrected chi connectivity index (χ3v) is 7.21.